The molecule has 0 radical (unpaired) electrons. The molecule has 0 aliphatic carbocycles. The average Bonchev–Trinajstić information content (AvgIpc) is 2.62. The molecule has 1 saturated heterocycles. The highest BCUT2D eigenvalue weighted by atomic mass is 32.2. The Kier molecular flexibility index (Phi) is 6.82. The van der Waals surface area contributed by atoms with Gasteiger partial charge < -0.3 is 10.6 Å². The third-order valence-corrected chi connectivity index (χ3v) is 7.37. The minimum Gasteiger partial charge on any atom is -0.334 e. The highest BCUT2D eigenvalue weighted by Gasteiger charge is 2.31. The van der Waals surface area contributed by atoms with Crippen molar-refractivity contribution in [3.8, 4) is 0 Å². The number of nitrogens with two attached hydrogens (primary N) is 1. The first-order valence-electron chi connectivity index (χ1n) is 9.41. The van der Waals surface area contributed by atoms with Gasteiger partial charge in [-0.2, -0.15) is 4.31 Å². The second-order valence-corrected chi connectivity index (χ2v) is 8.90. The molecule has 0 spiro atoms. The van der Waals surface area contributed by atoms with Gasteiger partial charge in [0.05, 0.1) is 4.90 Å². The molecule has 2 N–H and O–H groups in total. The van der Waals surface area contributed by atoms with Crippen LogP contribution < -0.4 is 5.73 Å². The molecule has 1 amide bonds. The number of sulfonamides is 1. The van der Waals surface area contributed by atoms with E-state index in [0.717, 1.165) is 19.3 Å². The fourth-order valence-corrected chi connectivity index (χ4v) is 5.34. The van der Waals surface area contributed by atoms with E-state index >= 15 is 0 Å². The summed E-state index contributed by atoms with van der Waals surface area (Å²) in [6, 6.07) is 4.85. The van der Waals surface area contributed by atoms with Crippen LogP contribution in [0.2, 0.25) is 0 Å². The summed E-state index contributed by atoms with van der Waals surface area (Å²) in [7, 11) is -3.61. The Morgan fingerprint density at radius 2 is 1.96 bits per heavy atom. The van der Waals surface area contributed by atoms with Gasteiger partial charge in [0.15, 0.2) is 0 Å². The lowest BCUT2D eigenvalue weighted by atomic mass is 9.96. The third-order valence-electron chi connectivity index (χ3n) is 5.18. The van der Waals surface area contributed by atoms with Crippen LogP contribution in [0, 0.1) is 6.92 Å². The van der Waals surface area contributed by atoms with Crippen LogP contribution in [0.4, 0.5) is 0 Å². The molecule has 2 rings (SSSR count). The number of piperidine rings is 1. The van der Waals surface area contributed by atoms with Crippen molar-refractivity contribution < 1.29 is 13.2 Å². The largest absolute Gasteiger partial charge is 0.334 e. The molecule has 1 aromatic rings. The number of benzene rings is 1. The number of carbonyl (C=O) groups excluding carboxylic acids is 1. The van der Waals surface area contributed by atoms with Crippen molar-refractivity contribution in [2.45, 2.75) is 63.9 Å². The average molecular weight is 382 g/mol. The molecule has 1 fully saturated rings. The zero-order valence-corrected chi connectivity index (χ0v) is 17.1. The second kappa shape index (κ2) is 8.50. The number of hydrogen-bond acceptors (Lipinski definition) is 4. The second-order valence-electron chi connectivity index (χ2n) is 6.99. The Balaban J connectivity index is 2.41. The van der Waals surface area contributed by atoms with Gasteiger partial charge in [-0.25, -0.2) is 8.42 Å². The number of aryl methyl sites for hydroxylation is 1. The maximum absolute atomic E-state index is 13.1. The van der Waals surface area contributed by atoms with Crippen molar-refractivity contribution in [2.24, 2.45) is 5.73 Å². The maximum atomic E-state index is 13.1. The van der Waals surface area contributed by atoms with E-state index in [1.165, 1.54) is 10.4 Å². The number of likely N-dealkylation sites (tertiary alicyclic amines) is 1. The van der Waals surface area contributed by atoms with E-state index in [2.05, 4.69) is 0 Å². The summed E-state index contributed by atoms with van der Waals surface area (Å²) < 4.78 is 27.3. The smallest absolute Gasteiger partial charge is 0.254 e. The van der Waals surface area contributed by atoms with Crippen molar-refractivity contribution >= 4 is 15.9 Å². The Bertz CT molecular complexity index is 742. The minimum absolute atomic E-state index is 0.000363. The summed E-state index contributed by atoms with van der Waals surface area (Å²) in [4.78, 5) is 15.1. The van der Waals surface area contributed by atoms with Crippen LogP contribution >= 0.6 is 0 Å². The van der Waals surface area contributed by atoms with E-state index in [-0.39, 0.29) is 22.9 Å². The van der Waals surface area contributed by atoms with Crippen LogP contribution in [0.3, 0.4) is 0 Å². The van der Waals surface area contributed by atoms with Gasteiger partial charge in [0, 0.05) is 37.3 Å². The number of amides is 1. The molecule has 1 aromatic carbocycles. The summed E-state index contributed by atoms with van der Waals surface area (Å²) in [6.07, 6.45) is 2.90. The monoisotopic (exact) mass is 381 g/mol. The molecule has 0 aromatic heterocycles. The number of carbonyl (C=O) groups is 1. The lowest BCUT2D eigenvalue weighted by molar-refractivity contribution is 0.0583. The Hall–Kier alpha value is -1.44. The van der Waals surface area contributed by atoms with E-state index in [1.807, 2.05) is 25.7 Å². The predicted octanol–water partition coefficient (Wildman–Crippen LogP) is 2.37. The quantitative estimate of drug-likeness (QED) is 0.820. The molecule has 2 unspecified atom stereocenters. The van der Waals surface area contributed by atoms with Gasteiger partial charge in [-0.05, 0) is 50.8 Å². The van der Waals surface area contributed by atoms with E-state index in [9.17, 15) is 13.2 Å². The zero-order valence-electron chi connectivity index (χ0n) is 16.2. The van der Waals surface area contributed by atoms with E-state index in [4.69, 9.17) is 5.73 Å². The summed E-state index contributed by atoms with van der Waals surface area (Å²) in [5, 5.41) is 0. The van der Waals surface area contributed by atoms with Gasteiger partial charge in [0.25, 0.3) is 5.91 Å². The first kappa shape index (κ1) is 20.9. The summed E-state index contributed by atoms with van der Waals surface area (Å²) >= 11 is 0. The highest BCUT2D eigenvalue weighted by Crippen LogP contribution is 2.25. The number of nitrogens with zero attached hydrogens (tertiary/aromatic N) is 2. The Labute approximate surface area is 157 Å². The van der Waals surface area contributed by atoms with E-state index < -0.39 is 10.0 Å². The SMILES string of the molecule is CCN(CC)S(=O)(=O)c1cc(C(=O)N2CCCCC2C(C)N)ccc1C. The molecule has 1 heterocycles. The van der Waals surface area contributed by atoms with Gasteiger partial charge >= 0.3 is 0 Å². The van der Waals surface area contributed by atoms with Gasteiger partial charge in [-0.3, -0.25) is 4.79 Å². The first-order valence-corrected chi connectivity index (χ1v) is 10.8. The summed E-state index contributed by atoms with van der Waals surface area (Å²) in [5.41, 5.74) is 7.14. The molecule has 146 valence electrons. The number of hydrogen-bond donors (Lipinski definition) is 1. The van der Waals surface area contributed by atoms with Gasteiger partial charge in [-0.15, -0.1) is 0 Å². The lowest BCUT2D eigenvalue weighted by Crippen LogP contribution is -2.51. The molecule has 26 heavy (non-hydrogen) atoms. The predicted molar refractivity (Wildman–Crippen MR) is 104 cm³/mol. The van der Waals surface area contributed by atoms with E-state index in [0.29, 0.717) is 30.8 Å². The summed E-state index contributed by atoms with van der Waals surface area (Å²) in [5.74, 6) is -0.136. The molecule has 0 saturated carbocycles. The van der Waals surface area contributed by atoms with Crippen LogP contribution in [-0.4, -0.2) is 55.2 Å². The molecule has 2 atom stereocenters. The topological polar surface area (TPSA) is 83.7 Å². The van der Waals surface area contributed by atoms with Crippen LogP contribution in [-0.2, 0) is 10.0 Å². The molecule has 1 aliphatic heterocycles. The van der Waals surface area contributed by atoms with Gasteiger partial charge in [0.2, 0.25) is 10.0 Å². The van der Waals surface area contributed by atoms with Crippen molar-refractivity contribution in [3.63, 3.8) is 0 Å². The zero-order chi connectivity index (χ0) is 19.5. The molecule has 6 nitrogen and oxygen atoms in total. The standard InChI is InChI=1S/C19H31N3O3S/c1-5-21(6-2)26(24,25)18-13-16(11-10-14(18)3)19(23)22-12-8-7-9-17(22)15(4)20/h10-11,13,15,17H,5-9,12,20H2,1-4H3. The molecular weight excluding hydrogens is 350 g/mol. The third kappa shape index (κ3) is 4.10. The van der Waals surface area contributed by atoms with Crippen molar-refractivity contribution in [1.82, 2.24) is 9.21 Å². The van der Waals surface area contributed by atoms with Crippen LogP contribution in [0.1, 0.15) is 56.0 Å². The molecule has 7 heteroatoms. The minimum atomic E-state index is -3.61. The fourth-order valence-electron chi connectivity index (χ4n) is 3.64. The fraction of sp³-hybridized carbons (Fsp3) is 0.632. The van der Waals surface area contributed by atoms with Gasteiger partial charge in [-0.1, -0.05) is 19.9 Å². The molecule has 1 aliphatic rings. The van der Waals surface area contributed by atoms with Gasteiger partial charge in [0.1, 0.15) is 0 Å². The van der Waals surface area contributed by atoms with E-state index in [1.54, 1.807) is 19.1 Å². The number of rotatable bonds is 6. The first-order chi connectivity index (χ1) is 12.2. The Morgan fingerprint density at radius 3 is 2.54 bits per heavy atom. The molecule has 0 bridgehead atoms. The van der Waals surface area contributed by atoms with Crippen molar-refractivity contribution in [3.05, 3.63) is 29.3 Å². The van der Waals surface area contributed by atoms with Crippen LogP contribution in [0.15, 0.2) is 23.1 Å². The Morgan fingerprint density at radius 1 is 1.31 bits per heavy atom. The normalized spacial score (nSPS) is 19.6. The van der Waals surface area contributed by atoms with Crippen LogP contribution in [0.5, 0.6) is 0 Å². The molecular formula is C19H31N3O3S. The maximum Gasteiger partial charge on any atom is 0.254 e. The lowest BCUT2D eigenvalue weighted by Gasteiger charge is -2.38. The highest BCUT2D eigenvalue weighted by molar-refractivity contribution is 7.89. The van der Waals surface area contributed by atoms with Crippen LogP contribution in [0.25, 0.3) is 0 Å². The van der Waals surface area contributed by atoms with Crippen molar-refractivity contribution in [2.75, 3.05) is 19.6 Å². The van der Waals surface area contributed by atoms with Crippen molar-refractivity contribution in [1.29, 1.82) is 0 Å². The summed E-state index contributed by atoms with van der Waals surface area (Å²) in [6.45, 7) is 8.76.